The summed E-state index contributed by atoms with van der Waals surface area (Å²) in [4.78, 5) is 22.9. The van der Waals surface area contributed by atoms with E-state index in [2.05, 4.69) is 4.99 Å². The largest absolute Gasteiger partial charge is 0.301 e. The van der Waals surface area contributed by atoms with Gasteiger partial charge in [0, 0.05) is 0 Å². The highest BCUT2D eigenvalue weighted by atomic mass is 16.1. The van der Waals surface area contributed by atoms with E-state index in [4.69, 9.17) is 0 Å². The average molecular weight is 127 g/mol. The molecule has 1 atom stereocenters. The van der Waals surface area contributed by atoms with Crippen molar-refractivity contribution in [1.29, 1.82) is 0 Å². The van der Waals surface area contributed by atoms with E-state index in [0.717, 1.165) is 6.42 Å². The van der Waals surface area contributed by atoms with Gasteiger partial charge in [-0.3, -0.25) is 0 Å². The number of carbonyl (C=O) groups excluding carboxylic acids is 2. The maximum Gasteiger partial charge on any atom is 0.235 e. The summed E-state index contributed by atoms with van der Waals surface area (Å²) in [6.07, 6.45) is 3.50. The lowest BCUT2D eigenvalue weighted by atomic mass is 10.2. The van der Waals surface area contributed by atoms with Gasteiger partial charge in [-0.15, -0.1) is 0 Å². The van der Waals surface area contributed by atoms with E-state index in [1.54, 1.807) is 0 Å². The molecule has 0 bridgehead atoms. The van der Waals surface area contributed by atoms with E-state index >= 15 is 0 Å². The lowest BCUT2D eigenvalue weighted by Crippen LogP contribution is -2.03. The van der Waals surface area contributed by atoms with Crippen molar-refractivity contribution < 1.29 is 9.59 Å². The van der Waals surface area contributed by atoms with E-state index < -0.39 is 6.04 Å². The van der Waals surface area contributed by atoms with E-state index in [-0.39, 0.29) is 0 Å². The molecule has 0 unspecified atom stereocenters. The van der Waals surface area contributed by atoms with Gasteiger partial charge in [0.2, 0.25) is 6.08 Å². The van der Waals surface area contributed by atoms with Gasteiger partial charge in [-0.1, -0.05) is 13.3 Å². The van der Waals surface area contributed by atoms with Crippen molar-refractivity contribution in [3.63, 3.8) is 0 Å². The molecule has 0 aliphatic heterocycles. The maximum absolute atomic E-state index is 10.0. The normalized spacial score (nSPS) is 11.7. The second-order valence-electron chi connectivity index (χ2n) is 1.71. The van der Waals surface area contributed by atoms with Gasteiger partial charge in [0.25, 0.3) is 0 Å². The van der Waals surface area contributed by atoms with Crippen molar-refractivity contribution in [1.82, 2.24) is 0 Å². The van der Waals surface area contributed by atoms with Crippen LogP contribution in [0.4, 0.5) is 0 Å². The van der Waals surface area contributed by atoms with Crippen molar-refractivity contribution in [3.05, 3.63) is 0 Å². The van der Waals surface area contributed by atoms with Gasteiger partial charge in [0.15, 0.2) is 0 Å². The van der Waals surface area contributed by atoms with Crippen LogP contribution in [0.1, 0.15) is 19.8 Å². The lowest BCUT2D eigenvalue weighted by molar-refractivity contribution is -0.108. The zero-order valence-electron chi connectivity index (χ0n) is 5.33. The third kappa shape index (κ3) is 3.62. The van der Waals surface area contributed by atoms with Gasteiger partial charge < -0.3 is 4.79 Å². The molecule has 0 saturated heterocycles. The summed E-state index contributed by atoms with van der Waals surface area (Å²) in [5.74, 6) is 0. The minimum absolute atomic E-state index is 0.465. The van der Waals surface area contributed by atoms with Crippen molar-refractivity contribution in [2.75, 3.05) is 0 Å². The standard InChI is InChI=1S/C6H9NO2/c1-2-3-6(4-8)7-5-9/h4,6H,2-3H2,1H3/t6-/m0/s1. The van der Waals surface area contributed by atoms with Gasteiger partial charge in [-0.05, 0) is 6.42 Å². The highest BCUT2D eigenvalue weighted by Gasteiger charge is 2.00. The predicted molar refractivity (Wildman–Crippen MR) is 32.9 cm³/mol. The molecule has 0 aromatic carbocycles. The minimum atomic E-state index is -0.465. The Bertz CT molecular complexity index is 127. The molecule has 50 valence electrons. The van der Waals surface area contributed by atoms with Crippen LogP contribution in [0.25, 0.3) is 0 Å². The molecule has 0 N–H and O–H groups in total. The first-order valence-corrected chi connectivity index (χ1v) is 2.87. The summed E-state index contributed by atoms with van der Waals surface area (Å²) in [5, 5.41) is 0. The maximum atomic E-state index is 10.0. The van der Waals surface area contributed by atoms with Crippen LogP contribution in [0.15, 0.2) is 4.99 Å². The summed E-state index contributed by atoms with van der Waals surface area (Å²) in [6, 6.07) is -0.465. The molecule has 0 rings (SSSR count). The summed E-state index contributed by atoms with van der Waals surface area (Å²) in [6.45, 7) is 1.93. The third-order valence-electron chi connectivity index (χ3n) is 0.960. The number of hydrogen-bond donors (Lipinski definition) is 0. The SMILES string of the molecule is CCC[C@@H](C=O)N=C=O. The molecule has 0 aromatic rings. The molecule has 0 aliphatic carbocycles. The van der Waals surface area contributed by atoms with Crippen LogP contribution in [0.2, 0.25) is 0 Å². The van der Waals surface area contributed by atoms with Crippen molar-refractivity contribution in [3.8, 4) is 0 Å². The first kappa shape index (κ1) is 8.05. The van der Waals surface area contributed by atoms with E-state index in [1.807, 2.05) is 6.92 Å². The fraction of sp³-hybridized carbons (Fsp3) is 0.667. The number of rotatable bonds is 4. The minimum Gasteiger partial charge on any atom is -0.301 e. The molecular formula is C6H9NO2. The molecule has 0 heterocycles. The van der Waals surface area contributed by atoms with Gasteiger partial charge in [0.1, 0.15) is 12.3 Å². The molecule has 0 spiro atoms. The fourth-order valence-electron chi connectivity index (χ4n) is 0.526. The Balaban J connectivity index is 3.67. The van der Waals surface area contributed by atoms with Crippen LogP contribution in [0, 0.1) is 0 Å². The molecule has 0 aliphatic rings. The quantitative estimate of drug-likeness (QED) is 0.317. The van der Waals surface area contributed by atoms with Gasteiger partial charge in [-0.25, -0.2) is 4.79 Å². The fourth-order valence-corrected chi connectivity index (χ4v) is 0.526. The zero-order valence-corrected chi connectivity index (χ0v) is 5.33. The third-order valence-corrected chi connectivity index (χ3v) is 0.960. The number of isocyanates is 1. The second-order valence-corrected chi connectivity index (χ2v) is 1.71. The zero-order chi connectivity index (χ0) is 7.11. The van der Waals surface area contributed by atoms with Crippen LogP contribution in [-0.2, 0) is 9.59 Å². The molecule has 3 nitrogen and oxygen atoms in total. The summed E-state index contributed by atoms with van der Waals surface area (Å²) >= 11 is 0. The molecule has 9 heavy (non-hydrogen) atoms. The molecule has 0 saturated carbocycles. The molecule has 0 aromatic heterocycles. The van der Waals surface area contributed by atoms with Gasteiger partial charge >= 0.3 is 0 Å². The van der Waals surface area contributed by atoms with Crippen molar-refractivity contribution >= 4 is 12.4 Å². The highest BCUT2D eigenvalue weighted by molar-refractivity contribution is 5.59. The summed E-state index contributed by atoms with van der Waals surface area (Å²) < 4.78 is 0. The number of hydrogen-bond acceptors (Lipinski definition) is 3. The molecule has 0 amide bonds. The van der Waals surface area contributed by atoms with Crippen LogP contribution in [0.3, 0.4) is 0 Å². The average Bonchev–Trinajstić information content (AvgIpc) is 1.88. The number of nitrogens with zero attached hydrogens (tertiary/aromatic N) is 1. The van der Waals surface area contributed by atoms with E-state index in [9.17, 15) is 9.59 Å². The highest BCUT2D eigenvalue weighted by Crippen LogP contribution is 1.95. The first-order valence-electron chi connectivity index (χ1n) is 2.87. The summed E-state index contributed by atoms with van der Waals surface area (Å²) in [7, 11) is 0. The Labute approximate surface area is 53.8 Å². The van der Waals surface area contributed by atoms with E-state index in [1.165, 1.54) is 6.08 Å². The van der Waals surface area contributed by atoms with Crippen LogP contribution >= 0.6 is 0 Å². The summed E-state index contributed by atoms with van der Waals surface area (Å²) in [5.41, 5.74) is 0. The van der Waals surface area contributed by atoms with Crippen molar-refractivity contribution in [2.45, 2.75) is 25.8 Å². The van der Waals surface area contributed by atoms with Crippen LogP contribution < -0.4 is 0 Å². The number of carbonyl (C=O) groups is 1. The van der Waals surface area contributed by atoms with Crippen LogP contribution in [0.5, 0.6) is 0 Å². The Morgan fingerprint density at radius 1 is 1.78 bits per heavy atom. The van der Waals surface area contributed by atoms with Gasteiger partial charge in [-0.2, -0.15) is 4.99 Å². The molecule has 0 radical (unpaired) electrons. The Morgan fingerprint density at radius 2 is 2.44 bits per heavy atom. The Hall–Kier alpha value is -0.950. The van der Waals surface area contributed by atoms with Crippen LogP contribution in [-0.4, -0.2) is 18.4 Å². The smallest absolute Gasteiger partial charge is 0.235 e. The van der Waals surface area contributed by atoms with E-state index in [0.29, 0.717) is 12.7 Å². The number of aldehydes is 1. The molecule has 3 heteroatoms. The predicted octanol–water partition coefficient (Wildman–Crippen LogP) is 0.690. The molecular weight excluding hydrogens is 118 g/mol. The van der Waals surface area contributed by atoms with Crippen molar-refractivity contribution in [2.24, 2.45) is 4.99 Å². The number of aliphatic imine (C=N–C) groups is 1. The topological polar surface area (TPSA) is 46.5 Å². The Kier molecular flexibility index (Phi) is 4.64. The monoisotopic (exact) mass is 127 g/mol. The first-order chi connectivity index (χ1) is 4.35. The Morgan fingerprint density at radius 3 is 2.78 bits per heavy atom. The lowest BCUT2D eigenvalue weighted by Gasteiger charge is -1.95. The second kappa shape index (κ2) is 5.19. The molecule has 0 fully saturated rings. The van der Waals surface area contributed by atoms with Gasteiger partial charge in [0.05, 0.1) is 0 Å².